The predicted molar refractivity (Wildman–Crippen MR) is 71.1 cm³/mol. The number of nitrogens with zero attached hydrogens (tertiary/aromatic N) is 3. The van der Waals surface area contributed by atoms with Crippen LogP contribution in [0, 0.1) is 5.41 Å². The fourth-order valence-corrected chi connectivity index (χ4v) is 4.04. The molecule has 0 saturated heterocycles. The highest BCUT2D eigenvalue weighted by atomic mass is 32.2. The number of nitrogens with one attached hydrogen (secondary N) is 1. The zero-order valence-corrected chi connectivity index (χ0v) is 11.9. The molecule has 4 nitrogen and oxygen atoms in total. The molecule has 2 unspecified atom stereocenters. The van der Waals surface area contributed by atoms with Gasteiger partial charge in [0.1, 0.15) is 6.33 Å². The standard InChI is InChI=1S/C12H22N4S/c1-5-13-10-9(6-7-12(10,2)3)17-11-14-8-15-16(11)4/h8-10,13H,5-7H2,1-4H3. The largest absolute Gasteiger partial charge is 0.313 e. The number of hydrogen-bond donors (Lipinski definition) is 1. The highest BCUT2D eigenvalue weighted by Crippen LogP contribution is 2.44. The van der Waals surface area contributed by atoms with Crippen LogP contribution in [-0.4, -0.2) is 32.6 Å². The molecule has 1 fully saturated rings. The molecule has 2 atom stereocenters. The molecule has 1 saturated carbocycles. The highest BCUT2D eigenvalue weighted by Gasteiger charge is 2.42. The smallest absolute Gasteiger partial charge is 0.186 e. The molecule has 1 aliphatic rings. The first-order chi connectivity index (χ1) is 8.04. The minimum absolute atomic E-state index is 0.381. The Morgan fingerprint density at radius 2 is 2.35 bits per heavy atom. The van der Waals surface area contributed by atoms with E-state index in [0.29, 0.717) is 16.7 Å². The van der Waals surface area contributed by atoms with Crippen LogP contribution in [0.2, 0.25) is 0 Å². The topological polar surface area (TPSA) is 42.7 Å². The van der Waals surface area contributed by atoms with E-state index < -0.39 is 0 Å². The van der Waals surface area contributed by atoms with Gasteiger partial charge in [-0.05, 0) is 24.8 Å². The molecule has 0 amide bonds. The molecule has 1 heterocycles. The molecular formula is C12H22N4S. The molecule has 1 aromatic rings. The molecule has 96 valence electrons. The SMILES string of the molecule is CCNC1C(Sc2ncnn2C)CCC1(C)C. The van der Waals surface area contributed by atoms with Gasteiger partial charge in [-0.15, -0.1) is 0 Å². The maximum absolute atomic E-state index is 4.31. The zero-order chi connectivity index (χ0) is 12.5. The molecule has 0 aromatic carbocycles. The van der Waals surface area contributed by atoms with Crippen molar-refractivity contribution in [3.8, 4) is 0 Å². The van der Waals surface area contributed by atoms with Crippen LogP contribution in [0.15, 0.2) is 11.5 Å². The Morgan fingerprint density at radius 1 is 1.59 bits per heavy atom. The summed E-state index contributed by atoms with van der Waals surface area (Å²) in [5.74, 6) is 0. The van der Waals surface area contributed by atoms with Gasteiger partial charge in [0.25, 0.3) is 0 Å². The van der Waals surface area contributed by atoms with Crippen molar-refractivity contribution in [1.82, 2.24) is 20.1 Å². The average Bonchev–Trinajstić information content (AvgIpc) is 2.78. The van der Waals surface area contributed by atoms with Gasteiger partial charge in [-0.25, -0.2) is 9.67 Å². The number of aromatic nitrogens is 3. The molecular weight excluding hydrogens is 232 g/mol. The van der Waals surface area contributed by atoms with Crippen LogP contribution < -0.4 is 5.32 Å². The summed E-state index contributed by atoms with van der Waals surface area (Å²) in [6.45, 7) is 7.93. The van der Waals surface area contributed by atoms with Crippen molar-refractivity contribution >= 4 is 11.8 Å². The van der Waals surface area contributed by atoms with Gasteiger partial charge in [0, 0.05) is 18.3 Å². The Balaban J connectivity index is 2.08. The Morgan fingerprint density at radius 3 is 2.94 bits per heavy atom. The Bertz CT molecular complexity index is 374. The van der Waals surface area contributed by atoms with Gasteiger partial charge >= 0.3 is 0 Å². The van der Waals surface area contributed by atoms with Crippen LogP contribution in [0.3, 0.4) is 0 Å². The highest BCUT2D eigenvalue weighted by molar-refractivity contribution is 7.99. The van der Waals surface area contributed by atoms with Gasteiger partial charge in [0.2, 0.25) is 0 Å². The van der Waals surface area contributed by atoms with Crippen LogP contribution in [0.1, 0.15) is 33.6 Å². The van der Waals surface area contributed by atoms with Crippen molar-refractivity contribution in [2.45, 2.75) is 50.1 Å². The number of rotatable bonds is 4. The van der Waals surface area contributed by atoms with Crippen molar-refractivity contribution in [2.24, 2.45) is 12.5 Å². The van der Waals surface area contributed by atoms with Crippen LogP contribution >= 0.6 is 11.8 Å². The second kappa shape index (κ2) is 4.98. The van der Waals surface area contributed by atoms with Gasteiger partial charge < -0.3 is 5.32 Å². The molecule has 17 heavy (non-hydrogen) atoms. The molecule has 1 N–H and O–H groups in total. The van der Waals surface area contributed by atoms with Crippen molar-refractivity contribution in [3.63, 3.8) is 0 Å². The third-order valence-electron chi connectivity index (χ3n) is 3.64. The van der Waals surface area contributed by atoms with E-state index in [0.717, 1.165) is 11.7 Å². The molecule has 0 bridgehead atoms. The summed E-state index contributed by atoms with van der Waals surface area (Å²) in [5.41, 5.74) is 0.381. The van der Waals surface area contributed by atoms with Crippen LogP contribution in [0.4, 0.5) is 0 Å². The molecule has 0 aliphatic heterocycles. The van der Waals surface area contributed by atoms with E-state index in [1.807, 2.05) is 23.5 Å². The van der Waals surface area contributed by atoms with Crippen molar-refractivity contribution in [2.75, 3.05) is 6.54 Å². The van der Waals surface area contributed by atoms with E-state index in [9.17, 15) is 0 Å². The van der Waals surface area contributed by atoms with Crippen molar-refractivity contribution in [1.29, 1.82) is 0 Å². The summed E-state index contributed by atoms with van der Waals surface area (Å²) in [6.07, 6.45) is 4.16. The second-order valence-corrected chi connectivity index (χ2v) is 6.59. The third-order valence-corrected chi connectivity index (χ3v) is 5.03. The van der Waals surface area contributed by atoms with Crippen molar-refractivity contribution in [3.05, 3.63) is 6.33 Å². The first kappa shape index (κ1) is 12.9. The van der Waals surface area contributed by atoms with Gasteiger partial charge in [0.05, 0.1) is 0 Å². The third kappa shape index (κ3) is 2.65. The van der Waals surface area contributed by atoms with E-state index >= 15 is 0 Å². The lowest BCUT2D eigenvalue weighted by atomic mass is 9.87. The fourth-order valence-electron chi connectivity index (χ4n) is 2.62. The molecule has 0 spiro atoms. The number of hydrogen-bond acceptors (Lipinski definition) is 4. The fraction of sp³-hybridized carbons (Fsp3) is 0.833. The molecule has 5 heteroatoms. The monoisotopic (exact) mass is 254 g/mol. The van der Waals surface area contributed by atoms with E-state index in [-0.39, 0.29) is 0 Å². The quantitative estimate of drug-likeness (QED) is 0.893. The van der Waals surface area contributed by atoms with Crippen LogP contribution in [-0.2, 0) is 7.05 Å². The second-order valence-electron chi connectivity index (χ2n) is 5.39. The van der Waals surface area contributed by atoms with E-state index in [1.165, 1.54) is 12.8 Å². The maximum Gasteiger partial charge on any atom is 0.186 e. The Kier molecular flexibility index (Phi) is 3.78. The average molecular weight is 254 g/mol. The number of aryl methyl sites for hydroxylation is 1. The lowest BCUT2D eigenvalue weighted by Gasteiger charge is -2.30. The summed E-state index contributed by atoms with van der Waals surface area (Å²) in [6, 6.07) is 0.564. The zero-order valence-electron chi connectivity index (χ0n) is 11.1. The number of thioether (sulfide) groups is 1. The predicted octanol–water partition coefficient (Wildman–Crippen LogP) is 2.07. The minimum Gasteiger partial charge on any atom is -0.313 e. The summed E-state index contributed by atoms with van der Waals surface area (Å²) in [7, 11) is 1.96. The van der Waals surface area contributed by atoms with Gasteiger partial charge in [-0.2, -0.15) is 5.10 Å². The van der Waals surface area contributed by atoms with Crippen LogP contribution in [0.5, 0.6) is 0 Å². The first-order valence-electron chi connectivity index (χ1n) is 6.28. The van der Waals surface area contributed by atoms with E-state index in [4.69, 9.17) is 0 Å². The minimum atomic E-state index is 0.381. The first-order valence-corrected chi connectivity index (χ1v) is 7.16. The van der Waals surface area contributed by atoms with Gasteiger partial charge in [0.15, 0.2) is 5.16 Å². The molecule has 1 aromatic heterocycles. The summed E-state index contributed by atoms with van der Waals surface area (Å²) < 4.78 is 1.86. The maximum atomic E-state index is 4.31. The van der Waals surface area contributed by atoms with E-state index in [1.54, 1.807) is 6.33 Å². The summed E-state index contributed by atoms with van der Waals surface area (Å²) in [5, 5.41) is 9.40. The van der Waals surface area contributed by atoms with Gasteiger partial charge in [-0.3, -0.25) is 0 Å². The van der Waals surface area contributed by atoms with Crippen molar-refractivity contribution < 1.29 is 0 Å². The van der Waals surface area contributed by atoms with Crippen LogP contribution in [0.25, 0.3) is 0 Å². The summed E-state index contributed by atoms with van der Waals surface area (Å²) >= 11 is 1.86. The molecule has 1 aliphatic carbocycles. The summed E-state index contributed by atoms with van der Waals surface area (Å²) in [4.78, 5) is 4.31. The lowest BCUT2D eigenvalue weighted by molar-refractivity contribution is 0.290. The normalized spacial score (nSPS) is 27.5. The Hall–Kier alpha value is -0.550. The van der Waals surface area contributed by atoms with Gasteiger partial charge in [-0.1, -0.05) is 32.5 Å². The lowest BCUT2D eigenvalue weighted by Crippen LogP contribution is -2.43. The van der Waals surface area contributed by atoms with E-state index in [2.05, 4.69) is 36.2 Å². The molecule has 0 radical (unpaired) electrons. The molecule has 2 rings (SSSR count). The Labute approximate surface area is 108 Å².